The molecule has 24 heavy (non-hydrogen) atoms. The van der Waals surface area contributed by atoms with Crippen LogP contribution in [0.15, 0.2) is 21.6 Å². The minimum atomic E-state index is -0.686. The molecule has 7 heteroatoms. The van der Waals surface area contributed by atoms with Crippen molar-refractivity contribution in [2.45, 2.75) is 32.6 Å². The lowest BCUT2D eigenvalue weighted by Crippen LogP contribution is -2.20. The number of esters is 2. The zero-order valence-corrected chi connectivity index (χ0v) is 14.9. The van der Waals surface area contributed by atoms with Crippen molar-refractivity contribution in [3.8, 4) is 12.1 Å². The summed E-state index contributed by atoms with van der Waals surface area (Å²) in [6, 6.07) is 3.84. The van der Waals surface area contributed by atoms with Crippen LogP contribution >= 0.6 is 11.8 Å². The summed E-state index contributed by atoms with van der Waals surface area (Å²) in [5, 5.41) is 18.8. The first kappa shape index (κ1) is 19.8. The number of carbonyl (C=O) groups is 2. The van der Waals surface area contributed by atoms with Gasteiger partial charge < -0.3 is 9.47 Å². The molecule has 0 N–H and O–H groups in total. The number of methoxy groups -OCH3 is 1. The van der Waals surface area contributed by atoms with E-state index in [0.29, 0.717) is 23.3 Å². The Morgan fingerprint density at radius 1 is 1.25 bits per heavy atom. The minimum Gasteiger partial charge on any atom is -0.465 e. The topological polar surface area (TPSA) is 100 Å². The molecule has 0 aromatic carbocycles. The highest BCUT2D eigenvalue weighted by molar-refractivity contribution is 8.02. The molecule has 0 aromatic rings. The number of carbonyl (C=O) groups excluding carboxylic acids is 2. The van der Waals surface area contributed by atoms with Crippen molar-refractivity contribution < 1.29 is 19.1 Å². The van der Waals surface area contributed by atoms with Crippen LogP contribution in [-0.2, 0) is 19.1 Å². The van der Waals surface area contributed by atoms with Gasteiger partial charge in [-0.2, -0.15) is 10.5 Å². The fourth-order valence-electron chi connectivity index (χ4n) is 2.77. The monoisotopic (exact) mass is 348 g/mol. The maximum absolute atomic E-state index is 12.1. The van der Waals surface area contributed by atoms with Gasteiger partial charge in [0, 0.05) is 10.8 Å². The number of ether oxygens (including phenoxy) is 2. The smallest absolute Gasteiger partial charge is 0.349 e. The number of hydrogen-bond donors (Lipinski definition) is 0. The van der Waals surface area contributed by atoms with E-state index in [-0.39, 0.29) is 23.7 Å². The van der Waals surface area contributed by atoms with E-state index in [2.05, 4.69) is 0 Å². The van der Waals surface area contributed by atoms with Crippen LogP contribution < -0.4 is 0 Å². The van der Waals surface area contributed by atoms with Crippen molar-refractivity contribution >= 4 is 23.7 Å². The summed E-state index contributed by atoms with van der Waals surface area (Å²) in [4.78, 5) is 24.5. The molecule has 1 fully saturated rings. The third-order valence-electron chi connectivity index (χ3n) is 3.81. The fourth-order valence-corrected chi connectivity index (χ4v) is 3.65. The zero-order valence-electron chi connectivity index (χ0n) is 14.0. The Balaban J connectivity index is 3.48. The van der Waals surface area contributed by atoms with Gasteiger partial charge in [-0.3, -0.25) is 0 Å². The number of nitriles is 2. The molecule has 128 valence electrons. The number of nitrogens with zero attached hydrogens (tertiary/aromatic N) is 2. The number of hydrogen-bond acceptors (Lipinski definition) is 7. The van der Waals surface area contributed by atoms with E-state index >= 15 is 0 Å². The Labute approximate surface area is 146 Å². The second-order valence-electron chi connectivity index (χ2n) is 5.08. The van der Waals surface area contributed by atoms with Crippen LogP contribution in [0.3, 0.4) is 0 Å². The third-order valence-corrected chi connectivity index (χ3v) is 4.73. The van der Waals surface area contributed by atoms with E-state index in [1.165, 1.54) is 18.9 Å². The second kappa shape index (κ2) is 9.79. The Morgan fingerprint density at radius 3 is 2.46 bits per heavy atom. The molecule has 0 heterocycles. The minimum absolute atomic E-state index is 0.0325. The fraction of sp³-hybridized carbons (Fsp3) is 0.529. The van der Waals surface area contributed by atoms with Crippen LogP contribution in [0, 0.1) is 28.6 Å². The lowest BCUT2D eigenvalue weighted by molar-refractivity contribution is -0.138. The molecule has 1 unspecified atom stereocenters. The largest absolute Gasteiger partial charge is 0.465 e. The highest BCUT2D eigenvalue weighted by Crippen LogP contribution is 2.41. The number of thioether (sulfide) groups is 1. The normalized spacial score (nSPS) is 20.1. The molecule has 0 saturated heterocycles. The van der Waals surface area contributed by atoms with Crippen LogP contribution in [-0.4, -0.2) is 31.9 Å². The van der Waals surface area contributed by atoms with Crippen LogP contribution in [0.4, 0.5) is 0 Å². The summed E-state index contributed by atoms with van der Waals surface area (Å²) in [7, 11) is 1.22. The van der Waals surface area contributed by atoms with Crippen molar-refractivity contribution in [3.05, 3.63) is 21.6 Å². The SMILES string of the molecule is CCOC(=O)C(C#N)=C(SC)C1CCCCC1=C(C#N)C(=O)OC. The van der Waals surface area contributed by atoms with Crippen molar-refractivity contribution in [2.24, 2.45) is 5.92 Å². The molecule has 6 nitrogen and oxygen atoms in total. The molecule has 0 aliphatic heterocycles. The second-order valence-corrected chi connectivity index (χ2v) is 5.93. The molecular formula is C17H20N2O4S. The van der Waals surface area contributed by atoms with Crippen LogP contribution in [0.2, 0.25) is 0 Å². The van der Waals surface area contributed by atoms with E-state index in [1.54, 1.807) is 13.2 Å². The average molecular weight is 348 g/mol. The van der Waals surface area contributed by atoms with Gasteiger partial charge in [-0.05, 0) is 38.0 Å². The molecule has 0 aromatic heterocycles. The van der Waals surface area contributed by atoms with E-state index < -0.39 is 11.9 Å². The molecule has 1 aliphatic rings. The summed E-state index contributed by atoms with van der Waals surface area (Å²) in [5.74, 6) is -1.68. The maximum atomic E-state index is 12.1. The molecule has 1 aliphatic carbocycles. The van der Waals surface area contributed by atoms with E-state index in [4.69, 9.17) is 9.47 Å². The van der Waals surface area contributed by atoms with Crippen LogP contribution in [0.25, 0.3) is 0 Å². The Bertz CT molecular complexity index is 652. The van der Waals surface area contributed by atoms with Gasteiger partial charge in [0.1, 0.15) is 23.3 Å². The van der Waals surface area contributed by atoms with Gasteiger partial charge in [-0.1, -0.05) is 6.42 Å². The van der Waals surface area contributed by atoms with Crippen molar-refractivity contribution in [3.63, 3.8) is 0 Å². The molecule has 0 spiro atoms. The van der Waals surface area contributed by atoms with Gasteiger partial charge >= 0.3 is 11.9 Å². The number of allylic oxidation sites excluding steroid dienone is 2. The van der Waals surface area contributed by atoms with Crippen LogP contribution in [0.1, 0.15) is 32.6 Å². The molecule has 1 saturated carbocycles. The standard InChI is InChI=1S/C17H20N2O4S/c1-4-23-17(21)14(10-19)15(24-3)12-8-6-5-7-11(12)13(9-18)16(20)22-2/h12H,4-8H2,1-3H3. The molecule has 1 rings (SSSR count). The lowest BCUT2D eigenvalue weighted by Gasteiger charge is -2.28. The first-order valence-electron chi connectivity index (χ1n) is 7.62. The van der Waals surface area contributed by atoms with Crippen molar-refractivity contribution in [1.29, 1.82) is 10.5 Å². The molecule has 1 atom stereocenters. The first-order chi connectivity index (χ1) is 11.5. The Kier molecular flexibility index (Phi) is 8.08. The maximum Gasteiger partial charge on any atom is 0.349 e. The van der Waals surface area contributed by atoms with Gasteiger partial charge in [-0.15, -0.1) is 11.8 Å². The van der Waals surface area contributed by atoms with Crippen molar-refractivity contribution in [2.75, 3.05) is 20.0 Å². The lowest BCUT2D eigenvalue weighted by atomic mass is 9.80. The summed E-state index contributed by atoms with van der Waals surface area (Å²) >= 11 is 1.27. The summed E-state index contributed by atoms with van der Waals surface area (Å²) < 4.78 is 9.65. The quantitative estimate of drug-likeness (QED) is 0.428. The Hall–Kier alpha value is -2.25. The molecule has 0 radical (unpaired) electrons. The number of rotatable bonds is 5. The van der Waals surface area contributed by atoms with Gasteiger partial charge in [0.25, 0.3) is 0 Å². The van der Waals surface area contributed by atoms with Gasteiger partial charge in [0.15, 0.2) is 0 Å². The molecule has 0 bridgehead atoms. The van der Waals surface area contributed by atoms with E-state index in [0.717, 1.165) is 12.8 Å². The third kappa shape index (κ3) is 4.39. The highest BCUT2D eigenvalue weighted by atomic mass is 32.2. The predicted molar refractivity (Wildman–Crippen MR) is 89.4 cm³/mol. The Morgan fingerprint density at radius 2 is 1.96 bits per heavy atom. The van der Waals surface area contributed by atoms with Gasteiger partial charge in [0.2, 0.25) is 0 Å². The predicted octanol–water partition coefficient (Wildman–Crippen LogP) is 2.87. The zero-order chi connectivity index (χ0) is 18.1. The first-order valence-corrected chi connectivity index (χ1v) is 8.84. The summed E-state index contributed by atoms with van der Waals surface area (Å²) in [6.07, 6.45) is 4.73. The average Bonchev–Trinajstić information content (AvgIpc) is 2.60. The molecule has 0 amide bonds. The molecular weight excluding hydrogens is 328 g/mol. The van der Waals surface area contributed by atoms with Gasteiger partial charge in [0.05, 0.1) is 13.7 Å². The van der Waals surface area contributed by atoms with E-state index in [1.807, 2.05) is 12.1 Å². The van der Waals surface area contributed by atoms with Crippen molar-refractivity contribution in [1.82, 2.24) is 0 Å². The summed E-state index contributed by atoms with van der Waals surface area (Å²) in [5.41, 5.74) is 0.544. The highest BCUT2D eigenvalue weighted by Gasteiger charge is 2.32. The van der Waals surface area contributed by atoms with Crippen LogP contribution in [0.5, 0.6) is 0 Å². The van der Waals surface area contributed by atoms with Gasteiger partial charge in [-0.25, -0.2) is 9.59 Å². The van der Waals surface area contributed by atoms with E-state index in [9.17, 15) is 20.1 Å². The summed E-state index contributed by atoms with van der Waals surface area (Å²) in [6.45, 7) is 1.84.